The van der Waals surface area contributed by atoms with Crippen LogP contribution in [-0.2, 0) is 6.42 Å². The number of benzene rings is 1. The van der Waals surface area contributed by atoms with Crippen molar-refractivity contribution in [2.24, 2.45) is 0 Å². The van der Waals surface area contributed by atoms with Crippen LogP contribution in [0.2, 0.25) is 0 Å². The molecule has 1 aromatic carbocycles. The number of halogens is 4. The van der Waals surface area contributed by atoms with Crippen LogP contribution in [0.3, 0.4) is 0 Å². The predicted molar refractivity (Wildman–Crippen MR) is 59.3 cm³/mol. The molecule has 0 heterocycles. The van der Waals surface area contributed by atoms with Crippen molar-refractivity contribution in [1.82, 2.24) is 0 Å². The van der Waals surface area contributed by atoms with E-state index in [4.69, 9.17) is 5.11 Å². The number of carboxylic acid groups (broad SMARTS) is 1. The van der Waals surface area contributed by atoms with E-state index < -0.39 is 51.8 Å². The standard InChI is InChI=1S/C10H8F4N2O4/c1-15-8-5(3-10(12,13)14)7(11)4(9(17)18)2-6(8)16(19)20/h2,15H,3H2,1H3,(H,17,18). The summed E-state index contributed by atoms with van der Waals surface area (Å²) in [5.74, 6) is -3.54. The molecule has 0 atom stereocenters. The number of aromatic carboxylic acids is 1. The van der Waals surface area contributed by atoms with Gasteiger partial charge < -0.3 is 10.4 Å². The highest BCUT2D eigenvalue weighted by atomic mass is 19.4. The van der Waals surface area contributed by atoms with Crippen LogP contribution in [0, 0.1) is 15.9 Å². The molecule has 0 aliphatic carbocycles. The summed E-state index contributed by atoms with van der Waals surface area (Å²) in [4.78, 5) is 20.4. The van der Waals surface area contributed by atoms with Crippen molar-refractivity contribution in [2.75, 3.05) is 12.4 Å². The maximum atomic E-state index is 13.8. The molecule has 0 fully saturated rings. The van der Waals surface area contributed by atoms with Gasteiger partial charge in [0.1, 0.15) is 17.1 Å². The molecule has 0 saturated carbocycles. The monoisotopic (exact) mass is 296 g/mol. The summed E-state index contributed by atoms with van der Waals surface area (Å²) in [6.07, 6.45) is -6.67. The summed E-state index contributed by atoms with van der Waals surface area (Å²) in [6.45, 7) is 0. The number of hydrogen-bond acceptors (Lipinski definition) is 4. The van der Waals surface area contributed by atoms with E-state index in [9.17, 15) is 32.5 Å². The average Bonchev–Trinajstić information content (AvgIpc) is 2.28. The third-order valence-corrected chi connectivity index (χ3v) is 2.39. The first-order valence-electron chi connectivity index (χ1n) is 5.06. The second-order valence-electron chi connectivity index (χ2n) is 3.72. The molecule has 6 nitrogen and oxygen atoms in total. The maximum absolute atomic E-state index is 13.8. The van der Waals surface area contributed by atoms with Crippen molar-refractivity contribution >= 4 is 17.3 Å². The Bertz CT molecular complexity index is 571. The quantitative estimate of drug-likeness (QED) is 0.506. The van der Waals surface area contributed by atoms with Gasteiger partial charge in [0.15, 0.2) is 0 Å². The van der Waals surface area contributed by atoms with Gasteiger partial charge in [0.2, 0.25) is 0 Å². The molecule has 2 N–H and O–H groups in total. The first-order valence-corrected chi connectivity index (χ1v) is 5.06. The minimum absolute atomic E-state index is 0.378. The molecule has 0 aromatic heterocycles. The lowest BCUT2D eigenvalue weighted by molar-refractivity contribution is -0.384. The third kappa shape index (κ3) is 3.13. The Hall–Kier alpha value is -2.39. The summed E-state index contributed by atoms with van der Waals surface area (Å²) in [5.41, 5.74) is -3.93. The normalized spacial score (nSPS) is 11.2. The highest BCUT2D eigenvalue weighted by Gasteiger charge is 2.35. The largest absolute Gasteiger partial charge is 0.478 e. The molecule has 1 aromatic rings. The number of nitro groups is 1. The zero-order chi connectivity index (χ0) is 15.7. The number of carboxylic acids is 1. The summed E-state index contributed by atoms with van der Waals surface area (Å²) >= 11 is 0. The fraction of sp³-hybridized carbons (Fsp3) is 0.300. The Morgan fingerprint density at radius 3 is 2.40 bits per heavy atom. The van der Waals surface area contributed by atoms with Crippen LogP contribution in [0.4, 0.5) is 28.9 Å². The van der Waals surface area contributed by atoms with Gasteiger partial charge >= 0.3 is 12.1 Å². The van der Waals surface area contributed by atoms with Gasteiger partial charge in [-0.25, -0.2) is 9.18 Å². The SMILES string of the molecule is CNc1c([N+](=O)[O-])cc(C(=O)O)c(F)c1CC(F)(F)F. The smallest absolute Gasteiger partial charge is 0.393 e. The predicted octanol–water partition coefficient (Wildman–Crippen LogP) is 2.58. The summed E-state index contributed by atoms with van der Waals surface area (Å²) in [6, 6.07) is 0.378. The van der Waals surface area contributed by atoms with Gasteiger partial charge in [0.05, 0.1) is 11.3 Å². The summed E-state index contributed by atoms with van der Waals surface area (Å²) < 4.78 is 51.0. The summed E-state index contributed by atoms with van der Waals surface area (Å²) in [7, 11) is 1.07. The molecular formula is C10H8F4N2O4. The maximum Gasteiger partial charge on any atom is 0.393 e. The fourth-order valence-corrected chi connectivity index (χ4v) is 1.64. The molecular weight excluding hydrogens is 288 g/mol. The van der Waals surface area contributed by atoms with Gasteiger partial charge in [0, 0.05) is 18.7 Å². The highest BCUT2D eigenvalue weighted by Crippen LogP contribution is 2.36. The Morgan fingerprint density at radius 1 is 1.50 bits per heavy atom. The van der Waals surface area contributed by atoms with E-state index in [-0.39, 0.29) is 0 Å². The van der Waals surface area contributed by atoms with E-state index in [1.54, 1.807) is 0 Å². The van der Waals surface area contributed by atoms with Crippen molar-refractivity contribution in [3.05, 3.63) is 33.1 Å². The van der Waals surface area contributed by atoms with Gasteiger partial charge in [-0.1, -0.05) is 0 Å². The molecule has 0 spiro atoms. The van der Waals surface area contributed by atoms with Crippen molar-refractivity contribution < 1.29 is 32.4 Å². The van der Waals surface area contributed by atoms with Crippen molar-refractivity contribution in [2.45, 2.75) is 12.6 Å². The van der Waals surface area contributed by atoms with Crippen molar-refractivity contribution in [1.29, 1.82) is 0 Å². The Labute approximate surface area is 109 Å². The molecule has 0 radical (unpaired) electrons. The molecule has 110 valence electrons. The Morgan fingerprint density at radius 2 is 2.05 bits per heavy atom. The highest BCUT2D eigenvalue weighted by molar-refractivity contribution is 5.91. The van der Waals surface area contributed by atoms with Crippen LogP contribution in [0.15, 0.2) is 6.07 Å². The zero-order valence-corrected chi connectivity index (χ0v) is 9.92. The zero-order valence-electron chi connectivity index (χ0n) is 9.92. The van der Waals surface area contributed by atoms with Crippen molar-refractivity contribution in [3.8, 4) is 0 Å². The van der Waals surface area contributed by atoms with E-state index in [0.29, 0.717) is 6.07 Å². The molecule has 0 unspecified atom stereocenters. The van der Waals surface area contributed by atoms with E-state index in [1.165, 1.54) is 0 Å². The van der Waals surface area contributed by atoms with Crippen LogP contribution in [0.25, 0.3) is 0 Å². The fourth-order valence-electron chi connectivity index (χ4n) is 1.64. The lowest BCUT2D eigenvalue weighted by atomic mass is 10.0. The molecule has 0 aliphatic rings. The molecule has 0 saturated heterocycles. The van der Waals surface area contributed by atoms with E-state index in [1.807, 2.05) is 0 Å². The van der Waals surface area contributed by atoms with E-state index >= 15 is 0 Å². The van der Waals surface area contributed by atoms with Gasteiger partial charge in [-0.3, -0.25) is 10.1 Å². The van der Waals surface area contributed by atoms with Crippen LogP contribution in [0.5, 0.6) is 0 Å². The van der Waals surface area contributed by atoms with Gasteiger partial charge in [0.25, 0.3) is 5.69 Å². The molecule has 10 heteroatoms. The van der Waals surface area contributed by atoms with E-state index in [2.05, 4.69) is 5.32 Å². The Kier molecular flexibility index (Phi) is 4.16. The van der Waals surface area contributed by atoms with Gasteiger partial charge in [-0.05, 0) is 0 Å². The van der Waals surface area contributed by atoms with Crippen LogP contribution in [-0.4, -0.2) is 29.2 Å². The number of alkyl halides is 3. The number of hydrogen-bond donors (Lipinski definition) is 2. The average molecular weight is 296 g/mol. The number of carbonyl (C=O) groups is 1. The minimum Gasteiger partial charge on any atom is -0.478 e. The van der Waals surface area contributed by atoms with Crippen LogP contribution in [0.1, 0.15) is 15.9 Å². The number of nitrogens with one attached hydrogen (secondary N) is 1. The van der Waals surface area contributed by atoms with E-state index in [0.717, 1.165) is 7.05 Å². The van der Waals surface area contributed by atoms with Gasteiger partial charge in [-0.2, -0.15) is 13.2 Å². The second kappa shape index (κ2) is 5.31. The number of rotatable bonds is 4. The molecule has 20 heavy (non-hydrogen) atoms. The minimum atomic E-state index is -4.85. The van der Waals surface area contributed by atoms with Crippen LogP contribution >= 0.6 is 0 Å². The molecule has 0 amide bonds. The summed E-state index contributed by atoms with van der Waals surface area (Å²) in [5, 5.41) is 21.5. The molecule has 1 rings (SSSR count). The lowest BCUT2D eigenvalue weighted by Crippen LogP contribution is -2.17. The second-order valence-corrected chi connectivity index (χ2v) is 3.72. The number of nitro benzene ring substituents is 1. The third-order valence-electron chi connectivity index (χ3n) is 2.39. The first kappa shape index (κ1) is 15.7. The van der Waals surface area contributed by atoms with Crippen molar-refractivity contribution in [3.63, 3.8) is 0 Å². The number of anilines is 1. The molecule has 0 aliphatic heterocycles. The van der Waals surface area contributed by atoms with Crippen LogP contribution < -0.4 is 5.32 Å². The Balaban J connectivity index is 3.67. The lowest BCUT2D eigenvalue weighted by Gasteiger charge is -2.14. The van der Waals surface area contributed by atoms with Gasteiger partial charge in [-0.15, -0.1) is 0 Å². The number of nitrogens with zero attached hydrogens (tertiary/aromatic N) is 1. The molecule has 0 bridgehead atoms. The topological polar surface area (TPSA) is 92.5 Å². The first-order chi connectivity index (χ1) is 9.08.